The molecule has 0 saturated heterocycles. The molecule has 152 valence electrons. The number of carbonyl (C=O) groups excluding carboxylic acids is 3. The van der Waals surface area contributed by atoms with Crippen LogP contribution >= 0.6 is 0 Å². The zero-order valence-electron chi connectivity index (χ0n) is 17.4. The third-order valence-electron chi connectivity index (χ3n) is 4.15. The van der Waals surface area contributed by atoms with Crippen molar-refractivity contribution in [2.45, 2.75) is 58.7 Å². The van der Waals surface area contributed by atoms with Gasteiger partial charge in [0.1, 0.15) is 12.1 Å². The predicted molar refractivity (Wildman–Crippen MR) is 102 cm³/mol. The van der Waals surface area contributed by atoms with Gasteiger partial charge in [-0.1, -0.05) is 20.3 Å². The van der Waals surface area contributed by atoms with E-state index in [1.54, 1.807) is 14.1 Å². The van der Waals surface area contributed by atoms with Gasteiger partial charge < -0.3 is 25.6 Å². The summed E-state index contributed by atoms with van der Waals surface area (Å²) in [6.07, 6.45) is 0.721. The van der Waals surface area contributed by atoms with Gasteiger partial charge in [-0.3, -0.25) is 14.4 Å². The molecule has 8 heteroatoms. The van der Waals surface area contributed by atoms with Crippen molar-refractivity contribution in [3.8, 4) is 0 Å². The molecule has 0 radical (unpaired) electrons. The third kappa shape index (κ3) is 8.14. The van der Waals surface area contributed by atoms with Crippen LogP contribution in [0.15, 0.2) is 0 Å². The average Bonchev–Trinajstić information content (AvgIpc) is 2.56. The number of nitrogens with zero attached hydrogens (tertiary/aromatic N) is 1. The number of ether oxygens (including phenoxy) is 1. The van der Waals surface area contributed by atoms with Crippen molar-refractivity contribution in [1.82, 2.24) is 20.9 Å². The molecule has 0 saturated carbocycles. The lowest BCUT2D eigenvalue weighted by molar-refractivity contribution is -0.142. The van der Waals surface area contributed by atoms with Gasteiger partial charge >= 0.3 is 0 Å². The molecule has 0 unspecified atom stereocenters. The maximum Gasteiger partial charge on any atom is 0.244 e. The maximum atomic E-state index is 12.9. The predicted octanol–water partition coefficient (Wildman–Crippen LogP) is 0.125. The minimum atomic E-state index is -0.828. The molecule has 0 fully saturated rings. The monoisotopic (exact) mass is 372 g/mol. The highest BCUT2D eigenvalue weighted by molar-refractivity contribution is 5.92. The van der Waals surface area contributed by atoms with Gasteiger partial charge in [0.15, 0.2) is 0 Å². The summed E-state index contributed by atoms with van der Waals surface area (Å²) >= 11 is 0. The Bertz CT molecular complexity index is 476. The quantitative estimate of drug-likeness (QED) is 0.506. The van der Waals surface area contributed by atoms with Crippen LogP contribution in [0, 0.1) is 5.92 Å². The molecule has 0 spiro atoms. The fourth-order valence-electron chi connectivity index (χ4n) is 2.42. The van der Waals surface area contributed by atoms with Gasteiger partial charge in [0, 0.05) is 14.1 Å². The Balaban J connectivity index is 5.32. The van der Waals surface area contributed by atoms with Gasteiger partial charge in [0.2, 0.25) is 17.7 Å². The van der Waals surface area contributed by atoms with E-state index in [0.29, 0.717) is 0 Å². The molecule has 0 aliphatic carbocycles. The molecule has 3 amide bonds. The van der Waals surface area contributed by atoms with Gasteiger partial charge in [-0.05, 0) is 33.7 Å². The van der Waals surface area contributed by atoms with E-state index in [1.807, 2.05) is 34.6 Å². The SMILES string of the molecule is CC[C@H](C)[C@@H](C(=O)N[C@@H](COC(C)(C)C)C(=O)NC)N(C)C(=O)CNC. The summed E-state index contributed by atoms with van der Waals surface area (Å²) in [4.78, 5) is 38.7. The van der Waals surface area contributed by atoms with Gasteiger partial charge in [-0.25, -0.2) is 0 Å². The summed E-state index contributed by atoms with van der Waals surface area (Å²) in [5.41, 5.74) is -0.438. The molecule has 0 aromatic heterocycles. The number of rotatable bonds is 10. The molecule has 0 aliphatic heterocycles. The second-order valence-corrected chi connectivity index (χ2v) is 7.46. The van der Waals surface area contributed by atoms with Crippen LogP contribution in [-0.4, -0.2) is 74.6 Å². The lowest BCUT2D eigenvalue weighted by Crippen LogP contribution is -2.58. The average molecular weight is 373 g/mol. The summed E-state index contributed by atoms with van der Waals surface area (Å²) in [6, 6.07) is -1.49. The molecule has 0 heterocycles. The van der Waals surface area contributed by atoms with Crippen molar-refractivity contribution in [2.75, 3.05) is 34.3 Å². The largest absolute Gasteiger partial charge is 0.373 e. The molecule has 0 aromatic carbocycles. The molecule has 0 aromatic rings. The highest BCUT2D eigenvalue weighted by atomic mass is 16.5. The summed E-state index contributed by atoms with van der Waals surface area (Å²) in [6.45, 7) is 9.69. The number of hydrogen-bond donors (Lipinski definition) is 3. The molecule has 3 N–H and O–H groups in total. The smallest absolute Gasteiger partial charge is 0.244 e. The molecule has 8 nitrogen and oxygen atoms in total. The molecule has 0 bridgehead atoms. The van der Waals surface area contributed by atoms with Crippen LogP contribution in [0.3, 0.4) is 0 Å². The fourth-order valence-corrected chi connectivity index (χ4v) is 2.42. The van der Waals surface area contributed by atoms with E-state index < -0.39 is 17.7 Å². The van der Waals surface area contributed by atoms with Crippen molar-refractivity contribution in [2.24, 2.45) is 5.92 Å². The molecule has 3 atom stereocenters. The topological polar surface area (TPSA) is 99.8 Å². The number of nitrogens with one attached hydrogen (secondary N) is 3. The van der Waals surface area contributed by atoms with E-state index in [0.717, 1.165) is 6.42 Å². The van der Waals surface area contributed by atoms with E-state index in [2.05, 4.69) is 16.0 Å². The van der Waals surface area contributed by atoms with Gasteiger partial charge in [-0.15, -0.1) is 0 Å². The zero-order chi connectivity index (χ0) is 20.5. The first-order valence-corrected chi connectivity index (χ1v) is 9.04. The standard InChI is InChI=1S/C18H36N4O4/c1-9-12(2)15(22(8)14(23)10-19-6)17(25)21-13(16(24)20-7)11-26-18(3,4)5/h12-13,15,19H,9-11H2,1-8H3,(H,20,24)(H,21,25)/t12-,13-,15-/m0/s1. The van der Waals surface area contributed by atoms with E-state index >= 15 is 0 Å². The first-order chi connectivity index (χ1) is 12.0. The van der Waals surface area contributed by atoms with Crippen molar-refractivity contribution >= 4 is 17.7 Å². The van der Waals surface area contributed by atoms with E-state index in [-0.39, 0.29) is 36.8 Å². The number of amides is 3. The van der Waals surface area contributed by atoms with Gasteiger partial charge in [0.25, 0.3) is 0 Å². The second-order valence-electron chi connectivity index (χ2n) is 7.46. The highest BCUT2D eigenvalue weighted by Gasteiger charge is 2.33. The first kappa shape index (κ1) is 24.3. The van der Waals surface area contributed by atoms with Crippen LogP contribution in [0.4, 0.5) is 0 Å². The van der Waals surface area contributed by atoms with Crippen molar-refractivity contribution < 1.29 is 19.1 Å². The molecule has 0 rings (SSSR count). The summed E-state index contributed by atoms with van der Waals surface area (Å²) in [7, 11) is 4.79. The van der Waals surface area contributed by atoms with Crippen molar-refractivity contribution in [3.63, 3.8) is 0 Å². The number of carbonyl (C=O) groups is 3. The number of hydrogen-bond acceptors (Lipinski definition) is 5. The minimum absolute atomic E-state index is 0.0519. The Labute approximate surface area is 157 Å². The molecule has 0 aliphatic rings. The summed E-state index contributed by atoms with van der Waals surface area (Å²) in [5.74, 6) is -0.947. The lowest BCUT2D eigenvalue weighted by atomic mass is 9.96. The Morgan fingerprint density at radius 2 is 1.69 bits per heavy atom. The van der Waals surface area contributed by atoms with Crippen LogP contribution < -0.4 is 16.0 Å². The Hall–Kier alpha value is -1.67. The van der Waals surface area contributed by atoms with Crippen LogP contribution in [0.25, 0.3) is 0 Å². The van der Waals surface area contributed by atoms with Crippen LogP contribution in [0.1, 0.15) is 41.0 Å². The fraction of sp³-hybridized carbons (Fsp3) is 0.833. The normalized spacial score (nSPS) is 14.9. The summed E-state index contributed by atoms with van der Waals surface area (Å²) in [5, 5.41) is 8.08. The molecular formula is C18H36N4O4. The molecule has 26 heavy (non-hydrogen) atoms. The van der Waals surface area contributed by atoms with E-state index in [9.17, 15) is 14.4 Å². The highest BCUT2D eigenvalue weighted by Crippen LogP contribution is 2.15. The van der Waals surface area contributed by atoms with Gasteiger partial charge in [0.05, 0.1) is 18.8 Å². The Morgan fingerprint density at radius 1 is 1.12 bits per heavy atom. The van der Waals surface area contributed by atoms with Crippen LogP contribution in [0.2, 0.25) is 0 Å². The first-order valence-electron chi connectivity index (χ1n) is 9.04. The maximum absolute atomic E-state index is 12.9. The van der Waals surface area contributed by atoms with E-state index in [4.69, 9.17) is 4.74 Å². The van der Waals surface area contributed by atoms with Gasteiger partial charge in [-0.2, -0.15) is 0 Å². The Kier molecular flexibility index (Phi) is 10.4. The molecular weight excluding hydrogens is 336 g/mol. The Morgan fingerprint density at radius 3 is 2.12 bits per heavy atom. The van der Waals surface area contributed by atoms with Crippen LogP contribution in [-0.2, 0) is 19.1 Å². The second kappa shape index (κ2) is 11.1. The minimum Gasteiger partial charge on any atom is -0.373 e. The van der Waals surface area contributed by atoms with Crippen molar-refractivity contribution in [1.29, 1.82) is 0 Å². The lowest BCUT2D eigenvalue weighted by Gasteiger charge is -2.33. The summed E-state index contributed by atoms with van der Waals surface area (Å²) < 4.78 is 5.66. The number of likely N-dealkylation sites (N-methyl/N-ethyl adjacent to an activating group) is 3. The van der Waals surface area contributed by atoms with Crippen molar-refractivity contribution in [3.05, 3.63) is 0 Å². The zero-order valence-corrected chi connectivity index (χ0v) is 17.4. The van der Waals surface area contributed by atoms with Crippen LogP contribution in [0.5, 0.6) is 0 Å². The van der Waals surface area contributed by atoms with E-state index in [1.165, 1.54) is 11.9 Å². The third-order valence-corrected chi connectivity index (χ3v) is 4.15.